The Balaban J connectivity index is 1.84. The van der Waals surface area contributed by atoms with Crippen LogP contribution in [-0.4, -0.2) is 35.1 Å². The molecule has 4 nitrogen and oxygen atoms in total. The van der Waals surface area contributed by atoms with Crippen molar-refractivity contribution in [2.45, 2.75) is 31.7 Å². The molecule has 1 N–H and O–H groups in total. The molecule has 1 aromatic heterocycles. The van der Waals surface area contributed by atoms with E-state index in [-0.39, 0.29) is 24.5 Å². The summed E-state index contributed by atoms with van der Waals surface area (Å²) in [5.41, 5.74) is 0.808. The van der Waals surface area contributed by atoms with Crippen LogP contribution in [0.15, 0.2) is 34.7 Å². The molecule has 0 radical (unpaired) electrons. The fraction of sp³-hybridized carbons (Fsp3) is 0.438. The van der Waals surface area contributed by atoms with Crippen molar-refractivity contribution >= 4 is 16.9 Å². The lowest BCUT2D eigenvalue weighted by atomic mass is 10.1. The number of para-hydroxylation sites is 1. The molecular weight excluding hydrogens is 254 g/mol. The normalized spacial score (nSPS) is 20.5. The van der Waals surface area contributed by atoms with Crippen molar-refractivity contribution in [3.05, 3.63) is 36.1 Å². The highest BCUT2D eigenvalue weighted by Gasteiger charge is 2.32. The Labute approximate surface area is 118 Å². The van der Waals surface area contributed by atoms with Gasteiger partial charge in [-0.25, -0.2) is 0 Å². The SMILES string of the molecule is C[C@@H](C(=O)N1CCC[C@@H]1CO)c1cc2ccccc2o1. The second kappa shape index (κ2) is 5.29. The number of carbonyl (C=O) groups is 1. The smallest absolute Gasteiger partial charge is 0.233 e. The first-order chi connectivity index (χ1) is 9.70. The zero-order valence-corrected chi connectivity index (χ0v) is 11.6. The third kappa shape index (κ3) is 2.20. The van der Waals surface area contributed by atoms with Crippen molar-refractivity contribution in [3.8, 4) is 0 Å². The number of amides is 1. The molecular formula is C16H19NO3. The van der Waals surface area contributed by atoms with Crippen molar-refractivity contribution in [1.29, 1.82) is 0 Å². The Bertz CT molecular complexity index is 586. The van der Waals surface area contributed by atoms with Crippen molar-refractivity contribution in [1.82, 2.24) is 4.90 Å². The summed E-state index contributed by atoms with van der Waals surface area (Å²) in [6.07, 6.45) is 1.85. The van der Waals surface area contributed by atoms with Crippen LogP contribution in [0.5, 0.6) is 0 Å². The van der Waals surface area contributed by atoms with Crippen molar-refractivity contribution < 1.29 is 14.3 Å². The predicted molar refractivity (Wildman–Crippen MR) is 76.4 cm³/mol. The Morgan fingerprint density at radius 2 is 2.30 bits per heavy atom. The van der Waals surface area contributed by atoms with E-state index in [9.17, 15) is 9.90 Å². The number of fused-ring (bicyclic) bond motifs is 1. The molecule has 106 valence electrons. The van der Waals surface area contributed by atoms with E-state index in [1.807, 2.05) is 37.3 Å². The van der Waals surface area contributed by atoms with Crippen molar-refractivity contribution in [2.24, 2.45) is 0 Å². The van der Waals surface area contributed by atoms with Crippen molar-refractivity contribution in [3.63, 3.8) is 0 Å². The van der Waals surface area contributed by atoms with E-state index in [0.29, 0.717) is 5.76 Å². The largest absolute Gasteiger partial charge is 0.460 e. The molecule has 0 spiro atoms. The first kappa shape index (κ1) is 13.2. The standard InChI is InChI=1S/C16H19NO3/c1-11(16(19)17-8-4-6-13(17)10-18)15-9-12-5-2-3-7-14(12)20-15/h2-3,5,7,9,11,13,18H,4,6,8,10H2,1H3/t11-,13-/m1/s1. The van der Waals surface area contributed by atoms with Gasteiger partial charge in [0.05, 0.1) is 18.6 Å². The van der Waals surface area contributed by atoms with Crippen LogP contribution in [0, 0.1) is 0 Å². The predicted octanol–water partition coefficient (Wildman–Crippen LogP) is 2.52. The minimum atomic E-state index is -0.311. The van der Waals surface area contributed by atoms with Gasteiger partial charge in [0.1, 0.15) is 11.3 Å². The van der Waals surface area contributed by atoms with Gasteiger partial charge in [0, 0.05) is 11.9 Å². The third-order valence-electron chi connectivity index (χ3n) is 4.11. The van der Waals surface area contributed by atoms with Gasteiger partial charge in [-0.2, -0.15) is 0 Å². The first-order valence-electron chi connectivity index (χ1n) is 7.10. The summed E-state index contributed by atoms with van der Waals surface area (Å²) in [5, 5.41) is 10.4. The van der Waals surface area contributed by atoms with Crippen LogP contribution < -0.4 is 0 Å². The Morgan fingerprint density at radius 3 is 3.05 bits per heavy atom. The molecule has 2 aromatic rings. The average Bonchev–Trinajstić information content (AvgIpc) is 3.11. The van der Waals surface area contributed by atoms with Gasteiger partial charge in [0.2, 0.25) is 5.91 Å². The molecule has 1 aliphatic rings. The van der Waals surface area contributed by atoms with E-state index in [4.69, 9.17) is 4.42 Å². The van der Waals surface area contributed by atoms with Crippen LogP contribution in [0.1, 0.15) is 31.4 Å². The van der Waals surface area contributed by atoms with Crippen LogP contribution >= 0.6 is 0 Å². The van der Waals surface area contributed by atoms with Gasteiger partial charge >= 0.3 is 0 Å². The number of benzene rings is 1. The van der Waals surface area contributed by atoms with Crippen LogP contribution in [0.3, 0.4) is 0 Å². The van der Waals surface area contributed by atoms with Crippen LogP contribution in [0.2, 0.25) is 0 Å². The second-order valence-electron chi connectivity index (χ2n) is 5.42. The highest BCUT2D eigenvalue weighted by atomic mass is 16.3. The topological polar surface area (TPSA) is 53.7 Å². The molecule has 0 unspecified atom stereocenters. The molecule has 0 saturated carbocycles. The van der Waals surface area contributed by atoms with E-state index < -0.39 is 0 Å². The number of hydrogen-bond donors (Lipinski definition) is 1. The fourth-order valence-corrected chi connectivity index (χ4v) is 2.90. The van der Waals surface area contributed by atoms with Gasteiger partial charge in [-0.3, -0.25) is 4.79 Å². The highest BCUT2D eigenvalue weighted by molar-refractivity contribution is 5.85. The average molecular weight is 273 g/mol. The highest BCUT2D eigenvalue weighted by Crippen LogP contribution is 2.28. The number of aliphatic hydroxyl groups excluding tert-OH is 1. The molecule has 4 heteroatoms. The lowest BCUT2D eigenvalue weighted by Crippen LogP contribution is -2.39. The number of rotatable bonds is 3. The van der Waals surface area contributed by atoms with E-state index in [0.717, 1.165) is 30.4 Å². The quantitative estimate of drug-likeness (QED) is 0.935. The number of furan rings is 1. The Hall–Kier alpha value is -1.81. The lowest BCUT2D eigenvalue weighted by molar-refractivity contribution is -0.134. The van der Waals surface area contributed by atoms with Gasteiger partial charge in [-0.15, -0.1) is 0 Å². The maximum Gasteiger partial charge on any atom is 0.233 e. The zero-order valence-electron chi connectivity index (χ0n) is 11.6. The molecule has 0 aliphatic carbocycles. The summed E-state index contributed by atoms with van der Waals surface area (Å²) in [5.74, 6) is 0.426. The molecule has 1 fully saturated rings. The van der Waals surface area contributed by atoms with E-state index in [2.05, 4.69) is 0 Å². The van der Waals surface area contributed by atoms with Gasteiger partial charge in [-0.05, 0) is 31.9 Å². The molecule has 20 heavy (non-hydrogen) atoms. The van der Waals surface area contributed by atoms with E-state index in [1.165, 1.54) is 0 Å². The molecule has 3 rings (SSSR count). The van der Waals surface area contributed by atoms with Gasteiger partial charge in [0.15, 0.2) is 0 Å². The maximum absolute atomic E-state index is 12.5. The minimum Gasteiger partial charge on any atom is -0.460 e. The Morgan fingerprint density at radius 1 is 1.50 bits per heavy atom. The number of nitrogens with zero attached hydrogens (tertiary/aromatic N) is 1. The fourth-order valence-electron chi connectivity index (χ4n) is 2.90. The third-order valence-corrected chi connectivity index (χ3v) is 4.11. The molecule has 1 saturated heterocycles. The summed E-state index contributed by atoms with van der Waals surface area (Å²) in [6, 6.07) is 9.66. The lowest BCUT2D eigenvalue weighted by Gasteiger charge is -2.25. The van der Waals surface area contributed by atoms with E-state index >= 15 is 0 Å². The summed E-state index contributed by atoms with van der Waals surface area (Å²) >= 11 is 0. The van der Waals surface area contributed by atoms with Crippen LogP contribution in [-0.2, 0) is 4.79 Å². The summed E-state index contributed by atoms with van der Waals surface area (Å²) < 4.78 is 5.77. The van der Waals surface area contributed by atoms with Crippen molar-refractivity contribution in [2.75, 3.05) is 13.2 Å². The Kier molecular flexibility index (Phi) is 3.49. The number of aliphatic hydroxyl groups is 1. The van der Waals surface area contributed by atoms with E-state index in [1.54, 1.807) is 4.90 Å². The number of likely N-dealkylation sites (tertiary alicyclic amines) is 1. The maximum atomic E-state index is 12.5. The summed E-state index contributed by atoms with van der Waals surface area (Å²) in [7, 11) is 0. The van der Waals surface area contributed by atoms with Gasteiger partial charge in [0.25, 0.3) is 0 Å². The number of carbonyl (C=O) groups excluding carboxylic acids is 1. The monoisotopic (exact) mass is 273 g/mol. The minimum absolute atomic E-state index is 0.0330. The first-order valence-corrected chi connectivity index (χ1v) is 7.10. The van der Waals surface area contributed by atoms with Crippen LogP contribution in [0.25, 0.3) is 11.0 Å². The molecule has 1 aromatic carbocycles. The number of hydrogen-bond acceptors (Lipinski definition) is 3. The molecule has 0 bridgehead atoms. The van der Waals surface area contributed by atoms with Crippen LogP contribution in [0.4, 0.5) is 0 Å². The van der Waals surface area contributed by atoms with Gasteiger partial charge < -0.3 is 14.4 Å². The van der Waals surface area contributed by atoms with Gasteiger partial charge in [-0.1, -0.05) is 18.2 Å². The zero-order chi connectivity index (χ0) is 14.1. The summed E-state index contributed by atoms with van der Waals surface area (Å²) in [6.45, 7) is 2.64. The summed E-state index contributed by atoms with van der Waals surface area (Å²) in [4.78, 5) is 14.3. The molecule has 1 amide bonds. The molecule has 2 heterocycles. The molecule has 1 aliphatic heterocycles. The molecule has 2 atom stereocenters. The second-order valence-corrected chi connectivity index (χ2v) is 5.42.